The molecule has 1 N–H and O–H groups in total. The molecule has 138 valence electrons. The second-order valence-corrected chi connectivity index (χ2v) is 7.79. The highest BCUT2D eigenvalue weighted by Crippen LogP contribution is 2.26. The van der Waals surface area contributed by atoms with Crippen LogP contribution in [0.1, 0.15) is 27.6 Å². The molecule has 0 aliphatic carbocycles. The van der Waals surface area contributed by atoms with Crippen molar-refractivity contribution in [2.24, 2.45) is 0 Å². The van der Waals surface area contributed by atoms with Crippen molar-refractivity contribution in [3.8, 4) is 6.07 Å². The zero-order chi connectivity index (χ0) is 19.6. The molecule has 2 rings (SSSR count). The van der Waals surface area contributed by atoms with Crippen molar-refractivity contribution in [1.29, 1.82) is 5.26 Å². The second kappa shape index (κ2) is 10.6. The average Bonchev–Trinajstić information content (AvgIpc) is 2.70. The third kappa shape index (κ3) is 6.59. The van der Waals surface area contributed by atoms with E-state index in [9.17, 15) is 19.6 Å². The van der Waals surface area contributed by atoms with E-state index in [2.05, 4.69) is 5.32 Å². The standard InChI is InChI=1S/C20H18N2O3S2/c1-14(23)22-17(12-21)18(27-20(25)16-10-6-3-7-11-16)13-26-19(24)15-8-4-2-5-9-15/h2-11,17-18H,13H2,1H3,(H,22,23). The topological polar surface area (TPSA) is 87.0 Å². The van der Waals surface area contributed by atoms with Crippen LogP contribution >= 0.6 is 23.5 Å². The third-order valence-corrected chi connectivity index (χ3v) is 5.95. The van der Waals surface area contributed by atoms with Crippen LogP contribution in [0.2, 0.25) is 0 Å². The fourth-order valence-corrected chi connectivity index (χ4v) is 4.32. The Balaban J connectivity index is 2.11. The molecule has 5 nitrogen and oxygen atoms in total. The molecule has 27 heavy (non-hydrogen) atoms. The number of nitrogens with one attached hydrogen (secondary N) is 1. The largest absolute Gasteiger partial charge is 0.340 e. The minimum Gasteiger partial charge on any atom is -0.340 e. The Kier molecular flexibility index (Phi) is 8.11. The smallest absolute Gasteiger partial charge is 0.219 e. The van der Waals surface area contributed by atoms with E-state index >= 15 is 0 Å². The van der Waals surface area contributed by atoms with Crippen molar-refractivity contribution in [3.05, 3.63) is 71.8 Å². The molecule has 2 aromatic rings. The molecule has 0 fully saturated rings. The normalized spacial score (nSPS) is 12.4. The Hall–Kier alpha value is -2.56. The fraction of sp³-hybridized carbons (Fsp3) is 0.200. The summed E-state index contributed by atoms with van der Waals surface area (Å²) in [5.74, 6) is -0.145. The molecule has 7 heteroatoms. The van der Waals surface area contributed by atoms with E-state index in [1.54, 1.807) is 48.5 Å². The van der Waals surface area contributed by atoms with Gasteiger partial charge < -0.3 is 5.32 Å². The van der Waals surface area contributed by atoms with Crippen LogP contribution in [0.3, 0.4) is 0 Å². The second-order valence-electron chi connectivity index (χ2n) is 5.58. The van der Waals surface area contributed by atoms with Crippen LogP contribution in [0.25, 0.3) is 0 Å². The minimum absolute atomic E-state index is 0.145. The molecule has 0 spiro atoms. The Morgan fingerprint density at radius 2 is 1.48 bits per heavy atom. The first-order valence-electron chi connectivity index (χ1n) is 8.16. The van der Waals surface area contributed by atoms with Crippen LogP contribution in [-0.2, 0) is 4.79 Å². The van der Waals surface area contributed by atoms with Crippen LogP contribution in [0, 0.1) is 11.3 Å². The summed E-state index contributed by atoms with van der Waals surface area (Å²) < 4.78 is 0. The third-order valence-electron chi connectivity index (χ3n) is 3.53. The van der Waals surface area contributed by atoms with Crippen molar-refractivity contribution in [3.63, 3.8) is 0 Å². The first-order valence-corrected chi connectivity index (χ1v) is 10.0. The van der Waals surface area contributed by atoms with Gasteiger partial charge in [-0.1, -0.05) is 84.2 Å². The lowest BCUT2D eigenvalue weighted by atomic mass is 10.2. The number of hydrogen-bond donors (Lipinski definition) is 1. The van der Waals surface area contributed by atoms with Crippen molar-refractivity contribution < 1.29 is 14.4 Å². The van der Waals surface area contributed by atoms with Gasteiger partial charge in [0.05, 0.1) is 11.3 Å². The molecule has 2 unspecified atom stereocenters. The number of thioether (sulfide) groups is 2. The summed E-state index contributed by atoms with van der Waals surface area (Å²) in [6.45, 7) is 1.31. The van der Waals surface area contributed by atoms with E-state index in [1.807, 2.05) is 18.2 Å². The lowest BCUT2D eigenvalue weighted by Gasteiger charge is -2.20. The van der Waals surface area contributed by atoms with Crippen LogP contribution < -0.4 is 5.32 Å². The van der Waals surface area contributed by atoms with Crippen LogP contribution in [-0.4, -0.2) is 33.2 Å². The van der Waals surface area contributed by atoms with Gasteiger partial charge in [-0.05, 0) is 0 Å². The lowest BCUT2D eigenvalue weighted by molar-refractivity contribution is -0.119. The number of nitrogens with zero attached hydrogens (tertiary/aromatic N) is 1. The van der Waals surface area contributed by atoms with Gasteiger partial charge in [-0.3, -0.25) is 14.4 Å². The highest BCUT2D eigenvalue weighted by atomic mass is 32.2. The van der Waals surface area contributed by atoms with Crippen LogP contribution in [0.15, 0.2) is 60.7 Å². The van der Waals surface area contributed by atoms with Gasteiger partial charge in [0.25, 0.3) is 0 Å². The van der Waals surface area contributed by atoms with Crippen molar-refractivity contribution >= 4 is 39.7 Å². The van der Waals surface area contributed by atoms with Crippen LogP contribution in [0.4, 0.5) is 0 Å². The van der Waals surface area contributed by atoms with E-state index in [4.69, 9.17) is 0 Å². The molecule has 0 saturated heterocycles. The predicted molar refractivity (Wildman–Crippen MR) is 109 cm³/mol. The number of hydrogen-bond acceptors (Lipinski definition) is 6. The molecular formula is C20H18N2O3S2. The maximum absolute atomic E-state index is 12.5. The molecule has 0 aliphatic rings. The SMILES string of the molecule is CC(=O)NC(C#N)C(CSC(=O)c1ccccc1)SC(=O)c1ccccc1. The number of carbonyl (C=O) groups excluding carboxylic acids is 3. The van der Waals surface area contributed by atoms with E-state index in [1.165, 1.54) is 6.92 Å². The number of benzene rings is 2. The first-order chi connectivity index (χ1) is 13.0. The molecule has 0 heterocycles. The number of nitriles is 1. The molecule has 0 saturated carbocycles. The van der Waals surface area contributed by atoms with Crippen LogP contribution in [0.5, 0.6) is 0 Å². The molecule has 0 radical (unpaired) electrons. The van der Waals surface area contributed by atoms with E-state index in [-0.39, 0.29) is 21.9 Å². The zero-order valence-corrected chi connectivity index (χ0v) is 16.3. The Labute approximate surface area is 166 Å². The monoisotopic (exact) mass is 398 g/mol. The molecule has 1 amide bonds. The molecule has 2 atom stereocenters. The Morgan fingerprint density at radius 1 is 0.963 bits per heavy atom. The van der Waals surface area contributed by atoms with Gasteiger partial charge in [-0.2, -0.15) is 5.26 Å². The summed E-state index contributed by atoms with van der Waals surface area (Å²) in [5.41, 5.74) is 1.06. The average molecular weight is 399 g/mol. The van der Waals surface area contributed by atoms with Crippen molar-refractivity contribution in [2.45, 2.75) is 18.2 Å². The molecule has 0 aliphatic heterocycles. The number of amides is 1. The van der Waals surface area contributed by atoms with Gasteiger partial charge >= 0.3 is 0 Å². The fourth-order valence-electron chi connectivity index (χ4n) is 2.22. The Morgan fingerprint density at radius 3 is 1.96 bits per heavy atom. The summed E-state index contributed by atoms with van der Waals surface area (Å²) in [5, 5.41) is 11.1. The summed E-state index contributed by atoms with van der Waals surface area (Å²) in [6.07, 6.45) is 0. The highest BCUT2D eigenvalue weighted by Gasteiger charge is 2.27. The quantitative estimate of drug-likeness (QED) is 0.768. The summed E-state index contributed by atoms with van der Waals surface area (Å²) in [7, 11) is 0. The van der Waals surface area contributed by atoms with E-state index < -0.39 is 11.3 Å². The number of rotatable bonds is 7. The van der Waals surface area contributed by atoms with Gasteiger partial charge in [0.2, 0.25) is 16.1 Å². The summed E-state index contributed by atoms with van der Waals surface area (Å²) in [4.78, 5) is 36.3. The first kappa shape index (κ1) is 20.7. The van der Waals surface area contributed by atoms with Gasteiger partial charge in [0, 0.05) is 23.8 Å². The van der Waals surface area contributed by atoms with Gasteiger partial charge in [-0.15, -0.1) is 0 Å². The summed E-state index contributed by atoms with van der Waals surface area (Å²) in [6, 6.07) is 18.6. The number of carbonyl (C=O) groups is 3. The van der Waals surface area contributed by atoms with Gasteiger partial charge in [0.15, 0.2) is 0 Å². The Bertz CT molecular complexity index is 835. The van der Waals surface area contributed by atoms with Crippen molar-refractivity contribution in [1.82, 2.24) is 5.32 Å². The molecule has 2 aromatic carbocycles. The minimum atomic E-state index is -0.878. The molecular weight excluding hydrogens is 380 g/mol. The maximum Gasteiger partial charge on any atom is 0.219 e. The summed E-state index contributed by atoms with van der Waals surface area (Å²) >= 11 is 1.99. The van der Waals surface area contributed by atoms with Crippen molar-refractivity contribution in [2.75, 3.05) is 5.75 Å². The molecule has 0 aromatic heterocycles. The van der Waals surface area contributed by atoms with Gasteiger partial charge in [-0.25, -0.2) is 0 Å². The highest BCUT2D eigenvalue weighted by molar-refractivity contribution is 8.17. The van der Waals surface area contributed by atoms with Gasteiger partial charge in [0.1, 0.15) is 6.04 Å². The predicted octanol–water partition coefficient (Wildman–Crippen LogP) is 3.53. The van der Waals surface area contributed by atoms with E-state index in [0.717, 1.165) is 23.5 Å². The molecule has 0 bridgehead atoms. The van der Waals surface area contributed by atoms with E-state index in [0.29, 0.717) is 11.1 Å². The zero-order valence-electron chi connectivity index (χ0n) is 14.6. The maximum atomic E-state index is 12.5. The lowest BCUT2D eigenvalue weighted by Crippen LogP contribution is -2.41.